The number of nitriles is 1. The van der Waals surface area contributed by atoms with E-state index < -0.39 is 24.8 Å². The molecule has 0 bridgehead atoms. The lowest BCUT2D eigenvalue weighted by Crippen LogP contribution is -2.50. The van der Waals surface area contributed by atoms with Crippen molar-refractivity contribution in [2.75, 3.05) is 19.7 Å². The van der Waals surface area contributed by atoms with Crippen molar-refractivity contribution in [3.63, 3.8) is 0 Å². The minimum atomic E-state index is -1.34. The summed E-state index contributed by atoms with van der Waals surface area (Å²) in [5.41, 5.74) is 0.355. The Bertz CT molecular complexity index is 529. The molecule has 0 aromatic heterocycles. The second kappa shape index (κ2) is 6.35. The van der Waals surface area contributed by atoms with E-state index in [-0.39, 0.29) is 6.54 Å². The fourth-order valence-electron chi connectivity index (χ4n) is 2.17. The zero-order valence-electron chi connectivity index (χ0n) is 10.8. The van der Waals surface area contributed by atoms with Crippen LogP contribution < -0.4 is 4.74 Å². The molecule has 1 saturated heterocycles. The number of aliphatic hydroxyl groups excluding tert-OH is 1. The van der Waals surface area contributed by atoms with E-state index in [1.165, 1.54) is 4.90 Å². The number of ether oxygens (including phenoxy) is 1. The van der Waals surface area contributed by atoms with Gasteiger partial charge in [0.25, 0.3) is 0 Å². The van der Waals surface area contributed by atoms with Gasteiger partial charge in [0.2, 0.25) is 5.91 Å². The summed E-state index contributed by atoms with van der Waals surface area (Å²) in [5, 5.41) is 17.7. The lowest BCUT2D eigenvalue weighted by Gasteiger charge is -2.34. The number of nitrogens with zero attached hydrogens (tertiary/aromatic N) is 2. The molecular weight excluding hydrogens is 263 g/mol. The van der Waals surface area contributed by atoms with E-state index >= 15 is 0 Å². The number of benzene rings is 1. The largest absolute Gasteiger partial charge is 0.486 e. The van der Waals surface area contributed by atoms with Crippen LogP contribution in [0.1, 0.15) is 12.0 Å². The number of para-hydroxylation sites is 1. The summed E-state index contributed by atoms with van der Waals surface area (Å²) in [6, 6.07) is 8.64. The van der Waals surface area contributed by atoms with Gasteiger partial charge < -0.3 is 14.7 Å². The zero-order valence-corrected chi connectivity index (χ0v) is 10.8. The van der Waals surface area contributed by atoms with Gasteiger partial charge in [-0.15, -0.1) is 0 Å². The van der Waals surface area contributed by atoms with Crippen molar-refractivity contribution in [3.05, 3.63) is 29.8 Å². The van der Waals surface area contributed by atoms with Crippen LogP contribution in [-0.4, -0.2) is 47.9 Å². The number of likely N-dealkylation sites (tertiary alicyclic amines) is 1. The van der Waals surface area contributed by atoms with Gasteiger partial charge >= 0.3 is 0 Å². The van der Waals surface area contributed by atoms with Gasteiger partial charge in [0.15, 0.2) is 6.17 Å². The summed E-state index contributed by atoms with van der Waals surface area (Å²) in [5.74, 6) is -0.131. The summed E-state index contributed by atoms with van der Waals surface area (Å²) < 4.78 is 19.6. The van der Waals surface area contributed by atoms with Crippen LogP contribution in [0.2, 0.25) is 0 Å². The van der Waals surface area contributed by atoms with Crippen LogP contribution in [0.3, 0.4) is 0 Å². The monoisotopic (exact) mass is 278 g/mol. The molecule has 0 spiro atoms. The highest BCUT2D eigenvalue weighted by Gasteiger charge is 2.33. The van der Waals surface area contributed by atoms with Crippen LogP contribution in [0.4, 0.5) is 4.39 Å². The van der Waals surface area contributed by atoms with Crippen LogP contribution in [0.5, 0.6) is 5.75 Å². The summed E-state index contributed by atoms with van der Waals surface area (Å²) >= 11 is 0. The smallest absolute Gasteiger partial charge is 0.248 e. The molecule has 1 aliphatic rings. The van der Waals surface area contributed by atoms with Crippen LogP contribution in [-0.2, 0) is 4.79 Å². The number of rotatable bonds is 3. The average Bonchev–Trinajstić information content (AvgIpc) is 2.49. The maximum Gasteiger partial charge on any atom is 0.248 e. The van der Waals surface area contributed by atoms with E-state index in [0.717, 1.165) is 0 Å². The first-order valence-electron chi connectivity index (χ1n) is 6.34. The third-order valence-electron chi connectivity index (χ3n) is 3.26. The topological polar surface area (TPSA) is 73.6 Å². The van der Waals surface area contributed by atoms with E-state index in [1.807, 2.05) is 6.07 Å². The minimum absolute atomic E-state index is 0.0984. The van der Waals surface area contributed by atoms with E-state index in [2.05, 4.69) is 0 Å². The van der Waals surface area contributed by atoms with Gasteiger partial charge in [-0.3, -0.25) is 4.79 Å². The van der Waals surface area contributed by atoms with Gasteiger partial charge in [-0.05, 0) is 12.1 Å². The summed E-state index contributed by atoms with van der Waals surface area (Å²) in [7, 11) is 0. The average molecular weight is 278 g/mol. The highest BCUT2D eigenvalue weighted by atomic mass is 19.1. The molecule has 1 N–H and O–H groups in total. The Kier molecular flexibility index (Phi) is 4.53. The number of hydrogen-bond donors (Lipinski definition) is 1. The highest BCUT2D eigenvalue weighted by molar-refractivity contribution is 5.77. The summed E-state index contributed by atoms with van der Waals surface area (Å²) in [6.07, 6.45) is -1.70. The second-order valence-electron chi connectivity index (χ2n) is 4.57. The standard InChI is InChI=1S/C14H15FN2O3/c15-11-8-17(14(19)9-18)6-5-13(11)20-12-4-2-1-3-10(12)7-16/h1-4,11,13,18H,5-6,8-9H2/t11-,13+/m1/s1. The molecule has 0 unspecified atom stereocenters. The Hall–Kier alpha value is -2.13. The Morgan fingerprint density at radius 2 is 2.30 bits per heavy atom. The van der Waals surface area contributed by atoms with E-state index in [1.54, 1.807) is 24.3 Å². The Morgan fingerprint density at radius 3 is 2.95 bits per heavy atom. The number of halogens is 1. The molecule has 2 atom stereocenters. The van der Waals surface area contributed by atoms with E-state index in [9.17, 15) is 9.18 Å². The van der Waals surface area contributed by atoms with Crippen molar-refractivity contribution in [1.29, 1.82) is 5.26 Å². The van der Waals surface area contributed by atoms with Gasteiger partial charge in [-0.25, -0.2) is 4.39 Å². The number of hydrogen-bond acceptors (Lipinski definition) is 4. The summed E-state index contributed by atoms with van der Waals surface area (Å²) in [6.45, 7) is -0.381. The lowest BCUT2D eigenvalue weighted by molar-refractivity contribution is -0.138. The first-order valence-corrected chi connectivity index (χ1v) is 6.34. The van der Waals surface area contributed by atoms with Crippen molar-refractivity contribution in [2.24, 2.45) is 0 Å². The van der Waals surface area contributed by atoms with Crippen LogP contribution in [0.15, 0.2) is 24.3 Å². The number of aliphatic hydroxyl groups is 1. The molecule has 1 heterocycles. The Labute approximate surface area is 116 Å². The summed E-state index contributed by atoms with van der Waals surface area (Å²) in [4.78, 5) is 12.6. The van der Waals surface area contributed by atoms with Gasteiger partial charge in [-0.2, -0.15) is 5.26 Å². The Morgan fingerprint density at radius 1 is 1.55 bits per heavy atom. The van der Waals surface area contributed by atoms with Crippen LogP contribution in [0.25, 0.3) is 0 Å². The first kappa shape index (κ1) is 14.3. The second-order valence-corrected chi connectivity index (χ2v) is 4.57. The fraction of sp³-hybridized carbons (Fsp3) is 0.429. The molecule has 0 saturated carbocycles. The van der Waals surface area contributed by atoms with Crippen LogP contribution >= 0.6 is 0 Å². The third kappa shape index (κ3) is 3.06. The van der Waals surface area contributed by atoms with Crippen LogP contribution in [0, 0.1) is 11.3 Å². The van der Waals surface area contributed by atoms with E-state index in [0.29, 0.717) is 24.3 Å². The van der Waals surface area contributed by atoms with Gasteiger partial charge in [0.1, 0.15) is 24.5 Å². The molecular formula is C14H15FN2O3. The highest BCUT2D eigenvalue weighted by Crippen LogP contribution is 2.24. The molecule has 6 heteroatoms. The number of carbonyl (C=O) groups excluding carboxylic acids is 1. The van der Waals surface area contributed by atoms with Crippen molar-refractivity contribution >= 4 is 5.91 Å². The Balaban J connectivity index is 2.02. The predicted octanol–water partition coefficient (Wildman–Crippen LogP) is 0.868. The van der Waals surface area contributed by atoms with E-state index in [4.69, 9.17) is 15.1 Å². The fourth-order valence-corrected chi connectivity index (χ4v) is 2.17. The van der Waals surface area contributed by atoms with Gasteiger partial charge in [0.05, 0.1) is 12.1 Å². The number of carbonyl (C=O) groups is 1. The SMILES string of the molecule is N#Cc1ccccc1O[C@H]1CCN(C(=O)CO)C[C@H]1F. The molecule has 5 nitrogen and oxygen atoms in total. The molecule has 1 fully saturated rings. The van der Waals surface area contributed by atoms with Crippen molar-refractivity contribution in [2.45, 2.75) is 18.7 Å². The third-order valence-corrected chi connectivity index (χ3v) is 3.26. The normalized spacial score (nSPS) is 22.1. The van der Waals surface area contributed by atoms with Crippen molar-refractivity contribution in [1.82, 2.24) is 4.90 Å². The molecule has 1 aromatic carbocycles. The first-order chi connectivity index (χ1) is 9.65. The maximum atomic E-state index is 14.0. The number of amides is 1. The molecule has 0 radical (unpaired) electrons. The molecule has 1 aromatic rings. The molecule has 1 amide bonds. The minimum Gasteiger partial charge on any atom is -0.486 e. The van der Waals surface area contributed by atoms with Gasteiger partial charge in [-0.1, -0.05) is 12.1 Å². The lowest BCUT2D eigenvalue weighted by atomic mass is 10.1. The number of alkyl halides is 1. The molecule has 2 rings (SSSR count). The van der Waals surface area contributed by atoms with Gasteiger partial charge in [0, 0.05) is 13.0 Å². The molecule has 106 valence electrons. The van der Waals surface area contributed by atoms with Crippen molar-refractivity contribution in [3.8, 4) is 11.8 Å². The number of piperidine rings is 1. The maximum absolute atomic E-state index is 14.0. The van der Waals surface area contributed by atoms with Crippen molar-refractivity contribution < 1.29 is 19.0 Å². The molecule has 1 aliphatic heterocycles. The molecule has 0 aliphatic carbocycles. The zero-order chi connectivity index (χ0) is 14.5. The predicted molar refractivity (Wildman–Crippen MR) is 68.8 cm³/mol. The quantitative estimate of drug-likeness (QED) is 0.890. The molecule has 20 heavy (non-hydrogen) atoms.